The van der Waals surface area contributed by atoms with Crippen molar-refractivity contribution in [3.8, 4) is 5.75 Å². The molecule has 3 amide bonds. The minimum absolute atomic E-state index is 0.0464. The quantitative estimate of drug-likeness (QED) is 0.216. The third kappa shape index (κ3) is 3.96. The number of nitrogens with zero attached hydrogens (tertiary/aromatic N) is 3. The van der Waals surface area contributed by atoms with Crippen molar-refractivity contribution in [1.29, 1.82) is 0 Å². The number of ether oxygens (including phenoxy) is 1. The summed E-state index contributed by atoms with van der Waals surface area (Å²) >= 11 is 0. The first-order valence-electron chi connectivity index (χ1n) is 11.2. The summed E-state index contributed by atoms with van der Waals surface area (Å²) in [4.78, 5) is 49.1. The lowest BCUT2D eigenvalue weighted by Gasteiger charge is -2.13. The third-order valence-electron chi connectivity index (χ3n) is 6.75. The van der Waals surface area contributed by atoms with Crippen LogP contribution in [0.5, 0.6) is 5.75 Å². The van der Waals surface area contributed by atoms with Gasteiger partial charge in [0.15, 0.2) is 6.61 Å². The molecule has 10 heteroatoms. The molecule has 2 bridgehead atoms. The van der Waals surface area contributed by atoms with E-state index in [1.165, 1.54) is 24.4 Å². The number of hydrogen-bond donors (Lipinski definition) is 1. The lowest BCUT2D eigenvalue weighted by molar-refractivity contribution is -0.385. The maximum atomic E-state index is 12.8. The molecule has 0 radical (unpaired) electrons. The van der Waals surface area contributed by atoms with Gasteiger partial charge in [-0.1, -0.05) is 36.4 Å². The maximum Gasteiger partial charge on any atom is 0.311 e. The molecule has 2 aromatic rings. The number of hydrogen-bond acceptors (Lipinski definition) is 7. The summed E-state index contributed by atoms with van der Waals surface area (Å²) in [6.07, 6.45) is 5.96. The number of rotatable bonds is 7. The molecule has 2 aliphatic carbocycles. The fourth-order valence-corrected chi connectivity index (χ4v) is 5.10. The van der Waals surface area contributed by atoms with Crippen LogP contribution in [-0.2, 0) is 14.4 Å². The summed E-state index contributed by atoms with van der Waals surface area (Å²) in [7, 11) is 0. The number of para-hydroxylation sites is 2. The van der Waals surface area contributed by atoms with E-state index in [1.54, 1.807) is 12.1 Å². The highest BCUT2D eigenvalue weighted by atomic mass is 16.6. The van der Waals surface area contributed by atoms with Gasteiger partial charge in [-0.2, -0.15) is 10.1 Å². The van der Waals surface area contributed by atoms with E-state index in [1.807, 2.05) is 31.2 Å². The first-order chi connectivity index (χ1) is 16.8. The molecular formula is C25H22N4O6. The molecule has 0 unspecified atom stereocenters. The standard InChI is InChI=1S/C25H22N4O6/c1-14-5-2-3-7-18(14)27-20(30)13-35-23-17(6-4-8-19(23)29(33)34)12-26-28-24(31)21-15-9-10-16(11-15)22(21)25(28)32/h2-10,12,15-16,21-22H,11,13H2,1H3,(H,27,30)/t15-,16-,21-,22+/m0/s1. The number of nitro benzene ring substituents is 1. The van der Waals surface area contributed by atoms with Gasteiger partial charge < -0.3 is 10.1 Å². The first-order valence-corrected chi connectivity index (χ1v) is 11.2. The molecule has 1 heterocycles. The average molecular weight is 474 g/mol. The normalized spacial score (nSPS) is 24.3. The van der Waals surface area contributed by atoms with Crippen LogP contribution in [0.2, 0.25) is 0 Å². The fourth-order valence-electron chi connectivity index (χ4n) is 5.10. The van der Waals surface area contributed by atoms with Crippen LogP contribution < -0.4 is 10.1 Å². The van der Waals surface area contributed by atoms with Crippen LogP contribution in [0.15, 0.2) is 59.7 Å². The minimum Gasteiger partial charge on any atom is -0.476 e. The molecule has 4 atom stereocenters. The van der Waals surface area contributed by atoms with Crippen molar-refractivity contribution in [2.75, 3.05) is 11.9 Å². The molecule has 1 N–H and O–H groups in total. The molecule has 5 rings (SSSR count). The number of carbonyl (C=O) groups excluding carboxylic acids is 3. The van der Waals surface area contributed by atoms with Crippen LogP contribution in [0.25, 0.3) is 0 Å². The highest BCUT2D eigenvalue weighted by Gasteiger charge is 2.59. The zero-order chi connectivity index (χ0) is 24.7. The minimum atomic E-state index is -0.633. The predicted molar refractivity (Wildman–Crippen MR) is 126 cm³/mol. The molecule has 2 aromatic carbocycles. The van der Waals surface area contributed by atoms with E-state index < -0.39 is 29.3 Å². The van der Waals surface area contributed by atoms with Crippen molar-refractivity contribution in [2.24, 2.45) is 28.8 Å². The number of amides is 3. The van der Waals surface area contributed by atoms with Gasteiger partial charge in [-0.15, -0.1) is 0 Å². The summed E-state index contributed by atoms with van der Waals surface area (Å²) in [5, 5.41) is 19.2. The van der Waals surface area contributed by atoms with Gasteiger partial charge in [0.25, 0.3) is 17.7 Å². The van der Waals surface area contributed by atoms with Crippen LogP contribution in [0.3, 0.4) is 0 Å². The molecule has 10 nitrogen and oxygen atoms in total. The van der Waals surface area contributed by atoms with E-state index in [9.17, 15) is 24.5 Å². The van der Waals surface area contributed by atoms with Crippen molar-refractivity contribution < 1.29 is 24.0 Å². The molecule has 1 saturated heterocycles. The van der Waals surface area contributed by atoms with Gasteiger partial charge in [0, 0.05) is 17.3 Å². The van der Waals surface area contributed by atoms with Gasteiger partial charge >= 0.3 is 5.69 Å². The van der Waals surface area contributed by atoms with Crippen molar-refractivity contribution in [2.45, 2.75) is 13.3 Å². The van der Waals surface area contributed by atoms with Gasteiger partial charge in [0.05, 0.1) is 23.0 Å². The Hall–Kier alpha value is -4.34. The number of carbonyl (C=O) groups is 3. The average Bonchev–Trinajstić information content (AvgIpc) is 3.52. The van der Waals surface area contributed by atoms with E-state index in [4.69, 9.17) is 4.74 Å². The van der Waals surface area contributed by atoms with Crippen LogP contribution in [0.1, 0.15) is 17.5 Å². The molecule has 0 aromatic heterocycles. The van der Waals surface area contributed by atoms with Gasteiger partial charge in [-0.25, -0.2) is 0 Å². The SMILES string of the molecule is Cc1ccccc1NC(=O)COc1c(C=NN2C(=O)[C@@H]3[C@H](C2=O)[C@H]2C=C[C@H]3C2)cccc1[N+](=O)[O-]. The molecule has 1 aliphatic heterocycles. The Morgan fingerprint density at radius 3 is 2.49 bits per heavy atom. The van der Waals surface area contributed by atoms with Crippen molar-refractivity contribution in [3.63, 3.8) is 0 Å². The number of aryl methyl sites for hydroxylation is 1. The number of fused-ring (bicyclic) bond motifs is 5. The summed E-state index contributed by atoms with van der Waals surface area (Å²) in [6.45, 7) is 1.35. The molecule has 0 spiro atoms. The third-order valence-corrected chi connectivity index (χ3v) is 6.75. The van der Waals surface area contributed by atoms with Crippen molar-refractivity contribution >= 4 is 35.3 Å². The fraction of sp³-hybridized carbons (Fsp3) is 0.280. The van der Waals surface area contributed by atoms with Crippen LogP contribution >= 0.6 is 0 Å². The lowest BCUT2D eigenvalue weighted by Crippen LogP contribution is -2.28. The maximum absolute atomic E-state index is 12.8. The Bertz CT molecular complexity index is 1270. The topological polar surface area (TPSA) is 131 Å². The molecule has 3 aliphatic rings. The van der Waals surface area contributed by atoms with Crippen LogP contribution in [-0.4, -0.2) is 40.5 Å². The number of nitrogens with one attached hydrogen (secondary N) is 1. The van der Waals surface area contributed by atoms with Crippen LogP contribution in [0.4, 0.5) is 11.4 Å². The second kappa shape index (κ2) is 8.79. The van der Waals surface area contributed by atoms with Crippen molar-refractivity contribution in [3.05, 3.63) is 75.9 Å². The molecule has 178 valence electrons. The highest BCUT2D eigenvalue weighted by molar-refractivity contribution is 6.07. The Labute approximate surface area is 200 Å². The summed E-state index contributed by atoms with van der Waals surface area (Å²) in [6, 6.07) is 11.4. The first kappa shape index (κ1) is 22.5. The number of benzene rings is 2. The Morgan fingerprint density at radius 2 is 1.83 bits per heavy atom. The Balaban J connectivity index is 1.35. The Kier molecular flexibility index (Phi) is 5.64. The molecule has 35 heavy (non-hydrogen) atoms. The van der Waals surface area contributed by atoms with Gasteiger partial charge in [0.2, 0.25) is 5.75 Å². The van der Waals surface area contributed by atoms with E-state index in [-0.39, 0.29) is 40.7 Å². The monoisotopic (exact) mass is 474 g/mol. The zero-order valence-electron chi connectivity index (χ0n) is 18.8. The molecule has 2 fully saturated rings. The number of hydrazone groups is 1. The second-order valence-corrected chi connectivity index (χ2v) is 8.84. The Morgan fingerprint density at radius 1 is 1.14 bits per heavy atom. The van der Waals surface area contributed by atoms with Crippen molar-refractivity contribution in [1.82, 2.24) is 5.01 Å². The van der Waals surface area contributed by atoms with E-state index in [0.29, 0.717) is 5.69 Å². The van der Waals surface area contributed by atoms with Gasteiger partial charge in [0.1, 0.15) is 0 Å². The lowest BCUT2D eigenvalue weighted by atomic mass is 9.85. The summed E-state index contributed by atoms with van der Waals surface area (Å²) in [5.41, 5.74) is 1.26. The number of allylic oxidation sites excluding steroid dienone is 2. The predicted octanol–water partition coefficient (Wildman–Crippen LogP) is 3.06. The second-order valence-electron chi connectivity index (χ2n) is 8.84. The number of imide groups is 1. The smallest absolute Gasteiger partial charge is 0.311 e. The summed E-state index contributed by atoms with van der Waals surface area (Å²) in [5.74, 6) is -2.11. The molecule has 1 saturated carbocycles. The van der Waals surface area contributed by atoms with Gasteiger partial charge in [-0.3, -0.25) is 24.5 Å². The van der Waals surface area contributed by atoms with E-state index in [0.717, 1.165) is 17.0 Å². The number of anilines is 1. The molecular weight excluding hydrogens is 452 g/mol. The zero-order valence-corrected chi connectivity index (χ0v) is 18.8. The summed E-state index contributed by atoms with van der Waals surface area (Å²) < 4.78 is 5.55. The number of nitro groups is 1. The highest BCUT2D eigenvalue weighted by Crippen LogP contribution is 2.52. The van der Waals surface area contributed by atoms with E-state index in [2.05, 4.69) is 10.4 Å². The van der Waals surface area contributed by atoms with E-state index >= 15 is 0 Å². The van der Waals surface area contributed by atoms with Crippen LogP contribution in [0, 0.1) is 40.7 Å². The van der Waals surface area contributed by atoms with Gasteiger partial charge in [-0.05, 0) is 42.9 Å². The largest absolute Gasteiger partial charge is 0.476 e.